The quantitative estimate of drug-likeness (QED) is 0.855. The normalized spacial score (nSPS) is 20.6. The molecular formula is C11H14ClNO3S. The second kappa shape index (κ2) is 4.84. The van der Waals surface area contributed by atoms with E-state index in [0.29, 0.717) is 12.3 Å². The van der Waals surface area contributed by atoms with Gasteiger partial charge >= 0.3 is 0 Å². The molecule has 1 atom stereocenters. The van der Waals surface area contributed by atoms with Crippen LogP contribution in [0.5, 0.6) is 0 Å². The molecular weight excluding hydrogens is 262 g/mol. The third-order valence-electron chi connectivity index (χ3n) is 2.72. The highest BCUT2D eigenvalue weighted by Crippen LogP contribution is 2.26. The molecule has 0 aliphatic carbocycles. The van der Waals surface area contributed by atoms with E-state index < -0.39 is 9.84 Å². The number of anilines is 1. The first kappa shape index (κ1) is 12.7. The predicted octanol–water partition coefficient (Wildman–Crippen LogP) is 1.87. The average Bonchev–Trinajstić information content (AvgIpc) is 2.68. The summed E-state index contributed by atoms with van der Waals surface area (Å²) in [5.41, 5.74) is 5.98. The molecule has 0 bridgehead atoms. The summed E-state index contributed by atoms with van der Waals surface area (Å²) in [6.07, 6.45) is 1.48. The van der Waals surface area contributed by atoms with Gasteiger partial charge in [-0.15, -0.1) is 0 Å². The number of hydrogen-bond donors (Lipinski definition) is 1. The van der Waals surface area contributed by atoms with Crippen molar-refractivity contribution < 1.29 is 13.2 Å². The Morgan fingerprint density at radius 2 is 2.24 bits per heavy atom. The Kier molecular flexibility index (Phi) is 3.61. The van der Waals surface area contributed by atoms with E-state index in [4.69, 9.17) is 22.1 Å². The van der Waals surface area contributed by atoms with Crippen LogP contribution in [0.2, 0.25) is 5.02 Å². The molecule has 1 aliphatic heterocycles. The predicted molar refractivity (Wildman–Crippen MR) is 66.9 cm³/mol. The van der Waals surface area contributed by atoms with Gasteiger partial charge in [0.15, 0.2) is 9.84 Å². The molecule has 1 unspecified atom stereocenters. The van der Waals surface area contributed by atoms with Gasteiger partial charge in [0.25, 0.3) is 0 Å². The van der Waals surface area contributed by atoms with Crippen LogP contribution in [0.25, 0.3) is 0 Å². The van der Waals surface area contributed by atoms with Crippen molar-refractivity contribution in [3.8, 4) is 0 Å². The van der Waals surface area contributed by atoms with Crippen molar-refractivity contribution in [2.45, 2.75) is 23.8 Å². The van der Waals surface area contributed by atoms with E-state index in [-0.39, 0.29) is 21.8 Å². The summed E-state index contributed by atoms with van der Waals surface area (Å²) < 4.78 is 29.6. The first-order valence-corrected chi connectivity index (χ1v) is 7.41. The van der Waals surface area contributed by atoms with E-state index in [9.17, 15) is 8.42 Å². The number of sulfone groups is 1. The van der Waals surface area contributed by atoms with Crippen LogP contribution in [-0.2, 0) is 14.6 Å². The lowest BCUT2D eigenvalue weighted by atomic mass is 10.3. The molecule has 0 radical (unpaired) electrons. The highest BCUT2D eigenvalue weighted by Gasteiger charge is 2.26. The first-order valence-electron chi connectivity index (χ1n) is 5.38. The SMILES string of the molecule is Nc1ccc(S(=O)(=O)CC2CCCO2)c(Cl)c1. The molecule has 1 heterocycles. The van der Waals surface area contributed by atoms with E-state index in [1.165, 1.54) is 18.2 Å². The van der Waals surface area contributed by atoms with E-state index in [1.807, 2.05) is 0 Å². The molecule has 2 rings (SSSR count). The van der Waals surface area contributed by atoms with Crippen molar-refractivity contribution in [2.24, 2.45) is 0 Å². The second-order valence-corrected chi connectivity index (χ2v) is 6.52. The number of ether oxygens (including phenoxy) is 1. The maximum absolute atomic E-state index is 12.1. The zero-order valence-electron chi connectivity index (χ0n) is 9.23. The molecule has 1 aliphatic rings. The molecule has 2 N–H and O–H groups in total. The largest absolute Gasteiger partial charge is 0.399 e. The highest BCUT2D eigenvalue weighted by atomic mass is 35.5. The Hall–Kier alpha value is -0.780. The van der Waals surface area contributed by atoms with Gasteiger partial charge in [0.1, 0.15) is 0 Å². The Morgan fingerprint density at radius 1 is 1.47 bits per heavy atom. The van der Waals surface area contributed by atoms with Crippen molar-refractivity contribution in [2.75, 3.05) is 18.1 Å². The summed E-state index contributed by atoms with van der Waals surface area (Å²) in [6, 6.07) is 4.43. The molecule has 0 saturated carbocycles. The molecule has 94 valence electrons. The van der Waals surface area contributed by atoms with Gasteiger partial charge in [0, 0.05) is 12.3 Å². The van der Waals surface area contributed by atoms with Gasteiger partial charge in [-0.3, -0.25) is 0 Å². The molecule has 4 nitrogen and oxygen atoms in total. The fraction of sp³-hybridized carbons (Fsp3) is 0.455. The molecule has 1 aromatic carbocycles. The van der Waals surface area contributed by atoms with Crippen LogP contribution in [0.15, 0.2) is 23.1 Å². The zero-order valence-corrected chi connectivity index (χ0v) is 10.8. The zero-order chi connectivity index (χ0) is 12.5. The summed E-state index contributed by atoms with van der Waals surface area (Å²) in [5.74, 6) is -0.0172. The number of benzene rings is 1. The van der Waals surface area contributed by atoms with Gasteiger partial charge < -0.3 is 10.5 Å². The monoisotopic (exact) mass is 275 g/mol. The maximum Gasteiger partial charge on any atom is 0.182 e. The minimum Gasteiger partial charge on any atom is -0.399 e. The van der Waals surface area contributed by atoms with E-state index in [1.54, 1.807) is 0 Å². The van der Waals surface area contributed by atoms with Gasteiger partial charge in [0.2, 0.25) is 0 Å². The molecule has 0 spiro atoms. The van der Waals surface area contributed by atoms with Gasteiger partial charge in [-0.2, -0.15) is 0 Å². The van der Waals surface area contributed by atoms with Crippen molar-refractivity contribution in [1.29, 1.82) is 0 Å². The fourth-order valence-electron chi connectivity index (χ4n) is 1.88. The minimum absolute atomic E-state index is 0.0172. The highest BCUT2D eigenvalue weighted by molar-refractivity contribution is 7.91. The Morgan fingerprint density at radius 3 is 2.82 bits per heavy atom. The van der Waals surface area contributed by atoms with Crippen molar-refractivity contribution in [3.05, 3.63) is 23.2 Å². The third kappa shape index (κ3) is 2.91. The van der Waals surface area contributed by atoms with Crippen molar-refractivity contribution in [1.82, 2.24) is 0 Å². The van der Waals surface area contributed by atoms with Crippen LogP contribution >= 0.6 is 11.6 Å². The Labute approximate surface area is 106 Å². The lowest BCUT2D eigenvalue weighted by molar-refractivity contribution is 0.127. The standard InChI is InChI=1S/C11H14ClNO3S/c12-10-6-8(13)3-4-11(10)17(14,15)7-9-2-1-5-16-9/h3-4,6,9H,1-2,5,7,13H2. The van der Waals surface area contributed by atoms with Crippen LogP contribution in [-0.4, -0.2) is 26.9 Å². The topological polar surface area (TPSA) is 69.4 Å². The Bertz CT molecular complexity index is 509. The summed E-state index contributed by atoms with van der Waals surface area (Å²) >= 11 is 5.90. The lowest BCUT2D eigenvalue weighted by Gasteiger charge is -2.11. The van der Waals surface area contributed by atoms with Gasteiger partial charge in [-0.25, -0.2) is 8.42 Å². The fourth-order valence-corrected chi connectivity index (χ4v) is 3.98. The summed E-state index contributed by atoms with van der Waals surface area (Å²) in [5, 5.41) is 0.169. The number of nitrogen functional groups attached to an aromatic ring is 1. The number of nitrogens with two attached hydrogens (primary N) is 1. The molecule has 1 fully saturated rings. The maximum atomic E-state index is 12.1. The lowest BCUT2D eigenvalue weighted by Crippen LogP contribution is -2.20. The van der Waals surface area contributed by atoms with E-state index >= 15 is 0 Å². The average molecular weight is 276 g/mol. The number of rotatable bonds is 3. The molecule has 17 heavy (non-hydrogen) atoms. The van der Waals surface area contributed by atoms with Crippen LogP contribution < -0.4 is 5.73 Å². The van der Waals surface area contributed by atoms with Crippen molar-refractivity contribution >= 4 is 27.1 Å². The number of halogens is 1. The third-order valence-corrected chi connectivity index (χ3v) is 4.98. The van der Waals surface area contributed by atoms with Crippen LogP contribution in [0.4, 0.5) is 5.69 Å². The molecule has 0 aromatic heterocycles. The summed E-state index contributed by atoms with van der Waals surface area (Å²) in [6.45, 7) is 0.635. The summed E-state index contributed by atoms with van der Waals surface area (Å²) in [4.78, 5) is 0.129. The Balaban J connectivity index is 2.24. The molecule has 0 amide bonds. The van der Waals surface area contributed by atoms with Crippen LogP contribution in [0, 0.1) is 0 Å². The first-order chi connectivity index (χ1) is 7.99. The van der Waals surface area contributed by atoms with Gasteiger partial charge in [-0.05, 0) is 31.0 Å². The molecule has 1 aromatic rings. The smallest absolute Gasteiger partial charge is 0.182 e. The van der Waals surface area contributed by atoms with Gasteiger partial charge in [0.05, 0.1) is 21.8 Å². The minimum atomic E-state index is -3.40. The summed E-state index contributed by atoms with van der Waals surface area (Å²) in [7, 11) is -3.40. The van der Waals surface area contributed by atoms with Crippen molar-refractivity contribution in [3.63, 3.8) is 0 Å². The van der Waals surface area contributed by atoms with Crippen LogP contribution in [0.3, 0.4) is 0 Å². The van der Waals surface area contributed by atoms with Crippen LogP contribution in [0.1, 0.15) is 12.8 Å². The van der Waals surface area contributed by atoms with Gasteiger partial charge in [-0.1, -0.05) is 11.6 Å². The second-order valence-electron chi connectivity index (χ2n) is 4.11. The van der Waals surface area contributed by atoms with E-state index in [2.05, 4.69) is 0 Å². The number of hydrogen-bond acceptors (Lipinski definition) is 4. The molecule has 6 heteroatoms. The van der Waals surface area contributed by atoms with E-state index in [0.717, 1.165) is 12.8 Å². The molecule has 1 saturated heterocycles.